The molecular weight excluding hydrogens is 414 g/mol. The van der Waals surface area contributed by atoms with Gasteiger partial charge >= 0.3 is 0 Å². The lowest BCUT2D eigenvalue weighted by molar-refractivity contribution is 0.0273. The smallest absolute Gasteiger partial charge is 0.296 e. The standard InChI is InChI=1S/C24H24ClN3O3/c1-14(16-6-4-3-5-7-16)8-9-15(2)21-17(25)12-18-23(27-21)28-24(26-18)31-20-13-30-19-10-11-29-22(19)20/h3-9,12,19-20,22H,10-11,13H2,1-2H3,(H,26,27,28). The van der Waals surface area contributed by atoms with Gasteiger partial charge in [-0.05, 0) is 43.0 Å². The topological polar surface area (TPSA) is 69.3 Å². The zero-order chi connectivity index (χ0) is 21.4. The minimum atomic E-state index is -0.171. The molecule has 3 atom stereocenters. The monoisotopic (exact) mass is 437 g/mol. The Balaban J connectivity index is 1.38. The van der Waals surface area contributed by atoms with Crippen molar-refractivity contribution in [1.29, 1.82) is 0 Å². The second kappa shape index (κ2) is 8.46. The molecule has 2 aliphatic heterocycles. The third-order valence-electron chi connectivity index (χ3n) is 5.77. The molecule has 0 aliphatic carbocycles. The zero-order valence-corrected chi connectivity index (χ0v) is 18.2. The highest BCUT2D eigenvalue weighted by molar-refractivity contribution is 6.32. The second-order valence-corrected chi connectivity index (χ2v) is 8.36. The van der Waals surface area contributed by atoms with Crippen LogP contribution in [0.1, 0.15) is 31.5 Å². The third kappa shape index (κ3) is 4.11. The fourth-order valence-corrected chi connectivity index (χ4v) is 4.33. The van der Waals surface area contributed by atoms with Crippen LogP contribution in [0.3, 0.4) is 0 Å². The molecule has 1 N–H and O–H groups in total. The molecule has 0 saturated carbocycles. The first-order valence-electron chi connectivity index (χ1n) is 10.5. The predicted molar refractivity (Wildman–Crippen MR) is 121 cm³/mol. The molecule has 3 unspecified atom stereocenters. The van der Waals surface area contributed by atoms with E-state index in [1.807, 2.05) is 37.3 Å². The van der Waals surface area contributed by atoms with Gasteiger partial charge in [0.25, 0.3) is 6.01 Å². The van der Waals surface area contributed by atoms with E-state index in [-0.39, 0.29) is 18.3 Å². The van der Waals surface area contributed by atoms with Gasteiger partial charge in [-0.1, -0.05) is 54.1 Å². The van der Waals surface area contributed by atoms with Crippen molar-refractivity contribution >= 4 is 33.9 Å². The molecule has 7 heteroatoms. The van der Waals surface area contributed by atoms with Gasteiger partial charge in [0.15, 0.2) is 11.8 Å². The second-order valence-electron chi connectivity index (χ2n) is 7.95. The average Bonchev–Trinajstić information content (AvgIpc) is 3.49. The molecule has 2 saturated heterocycles. The van der Waals surface area contributed by atoms with Crippen LogP contribution in [-0.2, 0) is 9.47 Å². The number of rotatable bonds is 5. The molecule has 0 amide bonds. The number of aromatic nitrogens is 3. The van der Waals surface area contributed by atoms with E-state index in [0.717, 1.165) is 17.5 Å². The molecule has 2 aliphatic rings. The van der Waals surface area contributed by atoms with Crippen molar-refractivity contribution in [1.82, 2.24) is 15.0 Å². The van der Waals surface area contributed by atoms with Gasteiger partial charge in [-0.3, -0.25) is 0 Å². The molecule has 160 valence electrons. The van der Waals surface area contributed by atoms with Crippen LogP contribution >= 0.6 is 11.6 Å². The Hall–Kier alpha value is -2.67. The number of allylic oxidation sites excluding steroid dienone is 4. The highest BCUT2D eigenvalue weighted by Crippen LogP contribution is 2.31. The van der Waals surface area contributed by atoms with Crippen molar-refractivity contribution in [2.24, 2.45) is 0 Å². The van der Waals surface area contributed by atoms with Crippen LogP contribution < -0.4 is 4.74 Å². The Morgan fingerprint density at radius 2 is 1.94 bits per heavy atom. The lowest BCUT2D eigenvalue weighted by Gasteiger charge is -2.15. The molecule has 1 aromatic carbocycles. The number of aromatic amines is 1. The molecule has 31 heavy (non-hydrogen) atoms. The number of hydrogen-bond donors (Lipinski definition) is 1. The summed E-state index contributed by atoms with van der Waals surface area (Å²) in [7, 11) is 0. The number of fused-ring (bicyclic) bond motifs is 2. The van der Waals surface area contributed by atoms with E-state index in [1.165, 1.54) is 11.1 Å². The highest BCUT2D eigenvalue weighted by atomic mass is 35.5. The highest BCUT2D eigenvalue weighted by Gasteiger charge is 2.43. The van der Waals surface area contributed by atoms with Crippen molar-refractivity contribution in [2.75, 3.05) is 13.2 Å². The van der Waals surface area contributed by atoms with Gasteiger partial charge in [0.2, 0.25) is 0 Å². The number of ether oxygens (including phenoxy) is 3. The lowest BCUT2D eigenvalue weighted by atomic mass is 10.1. The van der Waals surface area contributed by atoms with E-state index in [4.69, 9.17) is 25.8 Å². The summed E-state index contributed by atoms with van der Waals surface area (Å²) in [6.07, 6.45) is 4.92. The fourth-order valence-electron chi connectivity index (χ4n) is 4.03. The molecule has 0 spiro atoms. The molecule has 6 nitrogen and oxygen atoms in total. The van der Waals surface area contributed by atoms with Gasteiger partial charge in [0.05, 0.1) is 28.9 Å². The zero-order valence-electron chi connectivity index (χ0n) is 17.5. The van der Waals surface area contributed by atoms with E-state index < -0.39 is 0 Å². The Morgan fingerprint density at radius 1 is 1.13 bits per heavy atom. The van der Waals surface area contributed by atoms with E-state index in [2.05, 4.69) is 40.1 Å². The van der Waals surface area contributed by atoms with E-state index in [0.29, 0.717) is 35.6 Å². The minimum absolute atomic E-state index is 0.0369. The number of benzene rings is 1. The Kier molecular flexibility index (Phi) is 5.52. The van der Waals surface area contributed by atoms with Gasteiger partial charge in [-0.15, -0.1) is 0 Å². The largest absolute Gasteiger partial charge is 0.456 e. The Morgan fingerprint density at radius 3 is 2.77 bits per heavy atom. The van der Waals surface area contributed by atoms with Crippen molar-refractivity contribution < 1.29 is 14.2 Å². The molecule has 2 fully saturated rings. The molecule has 2 aromatic heterocycles. The van der Waals surface area contributed by atoms with Crippen LogP contribution in [0, 0.1) is 0 Å². The maximum absolute atomic E-state index is 6.53. The summed E-state index contributed by atoms with van der Waals surface area (Å²) in [6, 6.07) is 12.5. The van der Waals surface area contributed by atoms with Crippen LogP contribution in [0.25, 0.3) is 22.3 Å². The first-order valence-corrected chi connectivity index (χ1v) is 10.8. The van der Waals surface area contributed by atoms with Crippen LogP contribution in [0.4, 0.5) is 0 Å². The van der Waals surface area contributed by atoms with Gasteiger partial charge in [-0.25, -0.2) is 4.98 Å². The fraction of sp³-hybridized carbons (Fsp3) is 0.333. The number of hydrogen-bond acceptors (Lipinski definition) is 5. The van der Waals surface area contributed by atoms with Crippen molar-refractivity contribution in [3.05, 3.63) is 64.8 Å². The normalized spacial score (nSPS) is 24.0. The van der Waals surface area contributed by atoms with Crippen molar-refractivity contribution in [3.8, 4) is 6.01 Å². The number of H-pyrrole nitrogens is 1. The van der Waals surface area contributed by atoms with Gasteiger partial charge in [0.1, 0.15) is 6.10 Å². The molecule has 5 rings (SSSR count). The molecule has 3 aromatic rings. The quantitative estimate of drug-likeness (QED) is 0.565. The number of pyridine rings is 1. The minimum Gasteiger partial charge on any atom is -0.456 e. The number of halogens is 1. The van der Waals surface area contributed by atoms with Crippen molar-refractivity contribution in [2.45, 2.75) is 38.6 Å². The summed E-state index contributed by atoms with van der Waals surface area (Å²) in [5.41, 5.74) is 5.30. The van der Waals surface area contributed by atoms with Crippen LogP contribution in [0.2, 0.25) is 5.02 Å². The summed E-state index contributed by atoms with van der Waals surface area (Å²) < 4.78 is 17.5. The van der Waals surface area contributed by atoms with Crippen LogP contribution in [0.15, 0.2) is 48.6 Å². The SMILES string of the molecule is CC(=CC=C(C)c1nc2nc(OC3COC4CCOC43)[nH]c2cc1Cl)c1ccccc1. The Labute approximate surface area is 185 Å². The van der Waals surface area contributed by atoms with Gasteiger partial charge in [-0.2, -0.15) is 4.98 Å². The third-order valence-corrected chi connectivity index (χ3v) is 6.06. The van der Waals surface area contributed by atoms with Crippen LogP contribution in [-0.4, -0.2) is 46.5 Å². The maximum atomic E-state index is 6.53. The number of nitrogens with one attached hydrogen (secondary N) is 1. The first-order chi connectivity index (χ1) is 15.1. The lowest BCUT2D eigenvalue weighted by Crippen LogP contribution is -2.32. The predicted octanol–water partition coefficient (Wildman–Crippen LogP) is 5.05. The van der Waals surface area contributed by atoms with E-state index >= 15 is 0 Å². The van der Waals surface area contributed by atoms with Gasteiger partial charge < -0.3 is 19.2 Å². The maximum Gasteiger partial charge on any atom is 0.296 e. The van der Waals surface area contributed by atoms with E-state index in [9.17, 15) is 0 Å². The Bertz CT molecular complexity index is 1160. The van der Waals surface area contributed by atoms with Crippen LogP contribution in [0.5, 0.6) is 6.01 Å². The summed E-state index contributed by atoms with van der Waals surface area (Å²) in [4.78, 5) is 12.3. The molecule has 4 heterocycles. The van der Waals surface area contributed by atoms with Crippen molar-refractivity contribution in [3.63, 3.8) is 0 Å². The summed E-state index contributed by atoms with van der Waals surface area (Å²) in [5, 5.41) is 0.561. The summed E-state index contributed by atoms with van der Waals surface area (Å²) in [5.74, 6) is 0. The number of nitrogens with zero attached hydrogens (tertiary/aromatic N) is 2. The molecule has 0 radical (unpaired) electrons. The summed E-state index contributed by atoms with van der Waals surface area (Å²) >= 11 is 6.53. The number of imidazole rings is 1. The van der Waals surface area contributed by atoms with E-state index in [1.54, 1.807) is 0 Å². The van der Waals surface area contributed by atoms with Gasteiger partial charge in [0, 0.05) is 6.61 Å². The average molecular weight is 438 g/mol. The molecule has 0 bridgehead atoms. The first kappa shape index (κ1) is 20.2. The summed E-state index contributed by atoms with van der Waals surface area (Å²) in [6.45, 7) is 5.28. The molecular formula is C24H24ClN3O3.